The third-order valence-corrected chi connectivity index (χ3v) is 6.59. The molecule has 4 rings (SSSR count). The number of nitrogens with two attached hydrogens (primary N) is 1. The van der Waals surface area contributed by atoms with E-state index >= 15 is 0 Å². The van der Waals surface area contributed by atoms with Gasteiger partial charge in [-0.15, -0.1) is 0 Å². The van der Waals surface area contributed by atoms with Gasteiger partial charge in [-0.1, -0.05) is 51.6 Å². The van der Waals surface area contributed by atoms with E-state index in [0.29, 0.717) is 6.04 Å². The van der Waals surface area contributed by atoms with Crippen LogP contribution in [0.4, 0.5) is 0 Å². The lowest BCUT2D eigenvalue weighted by atomic mass is 9.77. The summed E-state index contributed by atoms with van der Waals surface area (Å²) in [5.41, 5.74) is 9.69. The monoisotopic (exact) mass is 451 g/mol. The normalized spacial score (nSPS) is 19.2. The van der Waals surface area contributed by atoms with Crippen LogP contribution in [-0.4, -0.2) is 32.5 Å². The van der Waals surface area contributed by atoms with E-state index in [0.717, 1.165) is 38.5 Å². The molecule has 2 aromatic heterocycles. The zero-order chi connectivity index (χ0) is 24.1. The molecular weight excluding hydrogens is 406 g/mol. The molecule has 5 heteroatoms. The fourth-order valence-electron chi connectivity index (χ4n) is 5.01. The molecule has 0 radical (unpaired) electrons. The molecule has 1 fully saturated rings. The van der Waals surface area contributed by atoms with E-state index in [9.17, 15) is 0 Å². The maximum absolute atomic E-state index is 5.64. The van der Waals surface area contributed by atoms with Crippen LogP contribution in [0, 0.1) is 12.8 Å². The maximum atomic E-state index is 5.64. The van der Waals surface area contributed by atoms with Crippen molar-refractivity contribution in [3.63, 3.8) is 0 Å². The minimum absolute atomic E-state index is 0.464. The maximum Gasteiger partial charge on any atom is 0.123 e. The van der Waals surface area contributed by atoms with Crippen molar-refractivity contribution in [1.29, 1.82) is 0 Å². The fourth-order valence-corrected chi connectivity index (χ4v) is 5.01. The molecule has 0 aromatic carbocycles. The van der Waals surface area contributed by atoms with Crippen LogP contribution in [-0.2, 0) is 19.5 Å². The molecule has 1 saturated heterocycles. The highest BCUT2D eigenvalue weighted by Crippen LogP contribution is 2.43. The largest absolute Gasteiger partial charge is 0.331 e. The number of fused-ring (bicyclic) bond motifs is 3. The molecule has 0 saturated carbocycles. The van der Waals surface area contributed by atoms with Crippen LogP contribution in [0.5, 0.6) is 0 Å². The average Bonchev–Trinajstić information content (AvgIpc) is 3.22. The Morgan fingerprint density at radius 1 is 1.12 bits per heavy atom. The molecule has 2 atom stereocenters. The summed E-state index contributed by atoms with van der Waals surface area (Å²) < 4.78 is 2.42. The molecule has 0 amide bonds. The molecule has 1 aliphatic carbocycles. The Balaban J connectivity index is 0.000000582. The first-order valence-corrected chi connectivity index (χ1v) is 12.8. The van der Waals surface area contributed by atoms with Gasteiger partial charge in [0, 0.05) is 24.6 Å². The number of imidazole rings is 1. The Kier molecular flexibility index (Phi) is 12.1. The first-order chi connectivity index (χ1) is 16.2. The Morgan fingerprint density at radius 2 is 1.91 bits per heavy atom. The topological polar surface area (TPSA) is 60.0 Å². The standard InChI is InChI=1S/C22H33N5.C4H6.C2H6/c1-17-15-25-20(27(17)14-4-2-3-11-23)16-26-13-6-8-19-10-9-18-7-5-12-24-21(18)22(19)26;1-3-4-2;1-2/h5,7,12,15,19,22H,2-4,6,8-11,13-14,16,23H2,1H3;3-4H,1-2H2;1-2H3. The lowest BCUT2D eigenvalue weighted by Crippen LogP contribution is -2.42. The van der Waals surface area contributed by atoms with Crippen molar-refractivity contribution < 1.29 is 0 Å². The lowest BCUT2D eigenvalue weighted by Gasteiger charge is -2.44. The third kappa shape index (κ3) is 7.38. The van der Waals surface area contributed by atoms with Crippen molar-refractivity contribution in [2.24, 2.45) is 11.7 Å². The number of aryl methyl sites for hydroxylation is 2. The highest BCUT2D eigenvalue weighted by atomic mass is 15.2. The van der Waals surface area contributed by atoms with Gasteiger partial charge in [-0.3, -0.25) is 9.88 Å². The second kappa shape index (κ2) is 14.8. The number of piperidine rings is 1. The summed E-state index contributed by atoms with van der Waals surface area (Å²) in [7, 11) is 0. The molecule has 2 N–H and O–H groups in total. The summed E-state index contributed by atoms with van der Waals surface area (Å²) in [5, 5.41) is 0. The fraction of sp³-hybridized carbons (Fsp3) is 0.571. The Bertz CT molecular complexity index is 835. The second-order valence-electron chi connectivity index (χ2n) is 8.69. The summed E-state index contributed by atoms with van der Waals surface area (Å²) in [6.07, 6.45) is 15.9. The zero-order valence-corrected chi connectivity index (χ0v) is 21.2. The van der Waals surface area contributed by atoms with Crippen LogP contribution >= 0.6 is 0 Å². The van der Waals surface area contributed by atoms with E-state index in [2.05, 4.69) is 41.7 Å². The summed E-state index contributed by atoms with van der Waals surface area (Å²) >= 11 is 0. The van der Waals surface area contributed by atoms with Gasteiger partial charge >= 0.3 is 0 Å². The van der Waals surface area contributed by atoms with Gasteiger partial charge in [0.15, 0.2) is 0 Å². The van der Waals surface area contributed by atoms with Crippen LogP contribution in [0.15, 0.2) is 49.8 Å². The highest BCUT2D eigenvalue weighted by Gasteiger charge is 2.37. The number of aromatic nitrogens is 3. The summed E-state index contributed by atoms with van der Waals surface area (Å²) in [6.45, 7) is 16.8. The Labute approximate surface area is 201 Å². The van der Waals surface area contributed by atoms with Gasteiger partial charge in [-0.05, 0) is 76.1 Å². The van der Waals surface area contributed by atoms with Crippen LogP contribution in [0.3, 0.4) is 0 Å². The van der Waals surface area contributed by atoms with E-state index in [1.165, 1.54) is 61.3 Å². The van der Waals surface area contributed by atoms with Gasteiger partial charge < -0.3 is 10.3 Å². The van der Waals surface area contributed by atoms with E-state index in [-0.39, 0.29) is 0 Å². The highest BCUT2D eigenvalue weighted by molar-refractivity contribution is 5.27. The van der Waals surface area contributed by atoms with Crippen molar-refractivity contribution in [2.45, 2.75) is 84.8 Å². The van der Waals surface area contributed by atoms with Crippen molar-refractivity contribution in [1.82, 2.24) is 19.4 Å². The second-order valence-corrected chi connectivity index (χ2v) is 8.69. The molecule has 1 aliphatic heterocycles. The Morgan fingerprint density at radius 3 is 2.64 bits per heavy atom. The van der Waals surface area contributed by atoms with Gasteiger partial charge in [0.1, 0.15) is 5.82 Å². The van der Waals surface area contributed by atoms with Crippen LogP contribution < -0.4 is 5.73 Å². The van der Waals surface area contributed by atoms with Gasteiger partial charge in [-0.25, -0.2) is 4.98 Å². The molecule has 0 spiro atoms. The summed E-state index contributed by atoms with van der Waals surface area (Å²) in [4.78, 5) is 12.2. The minimum Gasteiger partial charge on any atom is -0.331 e. The third-order valence-electron chi connectivity index (χ3n) is 6.59. The molecule has 3 heterocycles. The lowest BCUT2D eigenvalue weighted by molar-refractivity contribution is 0.0662. The number of hydrogen-bond donors (Lipinski definition) is 1. The van der Waals surface area contributed by atoms with Crippen LogP contribution in [0.25, 0.3) is 0 Å². The molecule has 5 nitrogen and oxygen atoms in total. The zero-order valence-electron chi connectivity index (χ0n) is 21.2. The summed E-state index contributed by atoms with van der Waals surface area (Å²) in [6, 6.07) is 4.82. The van der Waals surface area contributed by atoms with E-state index in [4.69, 9.17) is 15.7 Å². The first-order valence-electron chi connectivity index (χ1n) is 12.8. The Hall–Kier alpha value is -2.24. The quantitative estimate of drug-likeness (QED) is 0.395. The van der Waals surface area contributed by atoms with Crippen molar-refractivity contribution in [3.05, 3.63) is 72.6 Å². The molecule has 33 heavy (non-hydrogen) atoms. The number of allylic oxidation sites excluding steroid dienone is 2. The van der Waals surface area contributed by atoms with E-state index in [1.54, 1.807) is 12.2 Å². The predicted octanol–water partition coefficient (Wildman–Crippen LogP) is 6.00. The van der Waals surface area contributed by atoms with E-state index < -0.39 is 0 Å². The predicted molar refractivity (Wildman–Crippen MR) is 140 cm³/mol. The molecule has 182 valence electrons. The summed E-state index contributed by atoms with van der Waals surface area (Å²) in [5.74, 6) is 1.96. The van der Waals surface area contributed by atoms with Crippen molar-refractivity contribution in [3.8, 4) is 0 Å². The van der Waals surface area contributed by atoms with Gasteiger partial charge in [0.2, 0.25) is 0 Å². The number of pyridine rings is 1. The smallest absolute Gasteiger partial charge is 0.123 e. The molecule has 2 aliphatic rings. The average molecular weight is 452 g/mol. The first kappa shape index (κ1) is 27.0. The number of likely N-dealkylation sites (tertiary alicyclic amines) is 1. The number of rotatable bonds is 8. The van der Waals surface area contributed by atoms with Crippen molar-refractivity contribution in [2.75, 3.05) is 13.1 Å². The van der Waals surface area contributed by atoms with Crippen LogP contribution in [0.2, 0.25) is 0 Å². The molecule has 2 aromatic rings. The van der Waals surface area contributed by atoms with Gasteiger partial charge in [-0.2, -0.15) is 0 Å². The van der Waals surface area contributed by atoms with E-state index in [1.807, 2.05) is 26.2 Å². The molecular formula is C28H45N5. The number of nitrogens with zero attached hydrogens (tertiary/aromatic N) is 4. The molecule has 0 bridgehead atoms. The number of unbranched alkanes of at least 4 members (excludes halogenated alkanes) is 2. The van der Waals surface area contributed by atoms with Crippen molar-refractivity contribution >= 4 is 0 Å². The molecule has 2 unspecified atom stereocenters. The SMILES string of the molecule is C=CC=C.CC.Cc1cnc(CN2CCCC3CCc4cccnc4C32)n1CCCCCN. The van der Waals surface area contributed by atoms with Gasteiger partial charge in [0.05, 0.1) is 18.3 Å². The minimum atomic E-state index is 0.464. The van der Waals surface area contributed by atoms with Gasteiger partial charge in [0.25, 0.3) is 0 Å². The van der Waals surface area contributed by atoms with Crippen LogP contribution in [0.1, 0.15) is 81.2 Å². The number of hydrogen-bond acceptors (Lipinski definition) is 4.